The van der Waals surface area contributed by atoms with Crippen molar-refractivity contribution in [3.8, 4) is 0 Å². The average molecular weight is 432 g/mol. The molecule has 1 aromatic rings. The second-order valence-electron chi connectivity index (χ2n) is 6.38. The lowest BCUT2D eigenvalue weighted by Gasteiger charge is -2.21. The molecule has 9 heteroatoms. The SMILES string of the molecule is O=C(O)CCCSCCN1C(=O)SCC1C=CC(O)Cc1cc(F)cc(F)c1. The number of carboxylic acids is 1. The highest BCUT2D eigenvalue weighted by Crippen LogP contribution is 2.25. The number of aliphatic hydroxyl groups is 1. The van der Waals surface area contributed by atoms with Crippen LogP contribution in [0.3, 0.4) is 0 Å². The van der Waals surface area contributed by atoms with Crippen molar-refractivity contribution in [1.29, 1.82) is 0 Å². The molecule has 0 saturated carbocycles. The van der Waals surface area contributed by atoms with Gasteiger partial charge in [0.1, 0.15) is 11.6 Å². The minimum Gasteiger partial charge on any atom is -0.481 e. The predicted octanol–water partition coefficient (Wildman–Crippen LogP) is 3.56. The number of carboxylic acid groups (broad SMARTS) is 1. The van der Waals surface area contributed by atoms with Crippen LogP contribution in [0.15, 0.2) is 30.4 Å². The monoisotopic (exact) mass is 431 g/mol. The Hall–Kier alpha value is -1.58. The number of carbonyl (C=O) groups is 2. The first kappa shape index (κ1) is 22.7. The highest BCUT2D eigenvalue weighted by molar-refractivity contribution is 8.13. The summed E-state index contributed by atoms with van der Waals surface area (Å²) >= 11 is 2.82. The second-order valence-corrected chi connectivity index (χ2v) is 8.58. The van der Waals surface area contributed by atoms with Gasteiger partial charge in [0, 0.05) is 37.0 Å². The maximum Gasteiger partial charge on any atom is 0.303 e. The lowest BCUT2D eigenvalue weighted by molar-refractivity contribution is -0.137. The van der Waals surface area contributed by atoms with Crippen LogP contribution < -0.4 is 0 Å². The highest BCUT2D eigenvalue weighted by Gasteiger charge is 2.29. The van der Waals surface area contributed by atoms with Crippen LogP contribution in [0, 0.1) is 11.6 Å². The summed E-state index contributed by atoms with van der Waals surface area (Å²) in [7, 11) is 0. The molecular formula is C19H23F2NO4S2. The summed E-state index contributed by atoms with van der Waals surface area (Å²) in [5, 5.41) is 18.7. The van der Waals surface area contributed by atoms with Crippen molar-refractivity contribution in [2.75, 3.05) is 23.8 Å². The number of rotatable bonds is 11. The molecule has 0 aromatic heterocycles. The Balaban J connectivity index is 1.80. The van der Waals surface area contributed by atoms with E-state index < -0.39 is 23.7 Å². The quantitative estimate of drug-likeness (QED) is 0.412. The minimum atomic E-state index is -0.908. The smallest absolute Gasteiger partial charge is 0.303 e. The van der Waals surface area contributed by atoms with Crippen LogP contribution in [0.2, 0.25) is 0 Å². The van der Waals surface area contributed by atoms with Crippen LogP contribution in [0.4, 0.5) is 13.6 Å². The molecule has 2 unspecified atom stereocenters. The van der Waals surface area contributed by atoms with Gasteiger partial charge in [-0.2, -0.15) is 11.8 Å². The first-order valence-electron chi connectivity index (χ1n) is 8.89. The fourth-order valence-corrected chi connectivity index (χ4v) is 4.64. The summed E-state index contributed by atoms with van der Waals surface area (Å²) in [6.45, 7) is 0.545. The van der Waals surface area contributed by atoms with Crippen molar-refractivity contribution < 1.29 is 28.6 Å². The molecule has 0 bridgehead atoms. The number of carbonyl (C=O) groups excluding carboxylic acids is 1. The van der Waals surface area contributed by atoms with Crippen molar-refractivity contribution in [3.63, 3.8) is 0 Å². The molecule has 1 saturated heterocycles. The van der Waals surface area contributed by atoms with Gasteiger partial charge in [-0.3, -0.25) is 9.59 Å². The van der Waals surface area contributed by atoms with E-state index in [2.05, 4.69) is 0 Å². The maximum atomic E-state index is 13.2. The van der Waals surface area contributed by atoms with Gasteiger partial charge in [-0.05, 0) is 29.9 Å². The molecule has 1 aliphatic rings. The number of aliphatic carboxylic acids is 1. The Morgan fingerprint density at radius 3 is 2.71 bits per heavy atom. The Labute approximate surface area is 171 Å². The van der Waals surface area contributed by atoms with E-state index in [1.54, 1.807) is 28.8 Å². The summed E-state index contributed by atoms with van der Waals surface area (Å²) in [6, 6.07) is 3.01. The van der Waals surface area contributed by atoms with Crippen molar-refractivity contribution in [1.82, 2.24) is 4.90 Å². The van der Waals surface area contributed by atoms with Gasteiger partial charge in [-0.25, -0.2) is 8.78 Å². The summed E-state index contributed by atoms with van der Waals surface area (Å²) in [5.74, 6) is -0.157. The van der Waals surface area contributed by atoms with Crippen LogP contribution in [-0.2, 0) is 11.2 Å². The van der Waals surface area contributed by atoms with Gasteiger partial charge in [0.2, 0.25) is 0 Å². The van der Waals surface area contributed by atoms with E-state index in [-0.39, 0.29) is 24.1 Å². The summed E-state index contributed by atoms with van der Waals surface area (Å²) in [5.41, 5.74) is 0.362. The zero-order valence-corrected chi connectivity index (χ0v) is 16.9. The highest BCUT2D eigenvalue weighted by atomic mass is 32.2. The third kappa shape index (κ3) is 7.81. The number of thioether (sulfide) groups is 2. The molecule has 28 heavy (non-hydrogen) atoms. The fraction of sp³-hybridized carbons (Fsp3) is 0.474. The molecule has 0 radical (unpaired) electrons. The molecule has 1 fully saturated rings. The molecular weight excluding hydrogens is 408 g/mol. The predicted molar refractivity (Wildman–Crippen MR) is 108 cm³/mol. The molecule has 1 amide bonds. The van der Waals surface area contributed by atoms with Crippen LogP contribution >= 0.6 is 23.5 Å². The molecule has 0 spiro atoms. The third-order valence-electron chi connectivity index (χ3n) is 4.09. The van der Waals surface area contributed by atoms with Crippen LogP contribution in [-0.4, -0.2) is 62.3 Å². The van der Waals surface area contributed by atoms with Crippen LogP contribution in [0.5, 0.6) is 0 Å². The zero-order chi connectivity index (χ0) is 20.5. The number of halogens is 2. The summed E-state index contributed by atoms with van der Waals surface area (Å²) < 4.78 is 26.4. The molecule has 1 heterocycles. The van der Waals surface area contributed by atoms with Gasteiger partial charge in [0.25, 0.3) is 5.24 Å². The number of benzene rings is 1. The summed E-state index contributed by atoms with van der Waals surface area (Å²) in [4.78, 5) is 24.2. The minimum absolute atomic E-state index is 0.0255. The van der Waals surface area contributed by atoms with E-state index in [0.717, 1.165) is 11.8 Å². The van der Waals surface area contributed by atoms with E-state index >= 15 is 0 Å². The Bertz CT molecular complexity index is 697. The Kier molecular flexibility index (Phi) is 9.27. The molecule has 1 aromatic carbocycles. The maximum absolute atomic E-state index is 13.2. The molecule has 1 aliphatic heterocycles. The van der Waals surface area contributed by atoms with E-state index in [0.29, 0.717) is 30.0 Å². The summed E-state index contributed by atoms with van der Waals surface area (Å²) in [6.07, 6.45) is 3.22. The van der Waals surface area contributed by atoms with Crippen LogP contribution in [0.25, 0.3) is 0 Å². The van der Waals surface area contributed by atoms with E-state index in [4.69, 9.17) is 5.11 Å². The normalized spacial score (nSPS) is 18.2. The topological polar surface area (TPSA) is 77.8 Å². The fourth-order valence-electron chi connectivity index (χ4n) is 2.77. The van der Waals surface area contributed by atoms with Crippen molar-refractivity contribution in [2.45, 2.75) is 31.4 Å². The number of nitrogens with zero attached hydrogens (tertiary/aromatic N) is 1. The van der Waals surface area contributed by atoms with Crippen molar-refractivity contribution in [3.05, 3.63) is 47.5 Å². The van der Waals surface area contributed by atoms with Crippen molar-refractivity contribution in [2.24, 2.45) is 0 Å². The molecule has 2 atom stereocenters. The number of amides is 1. The largest absolute Gasteiger partial charge is 0.481 e. The molecule has 5 nitrogen and oxygen atoms in total. The molecule has 0 aliphatic carbocycles. The molecule has 2 N–H and O–H groups in total. The first-order valence-corrected chi connectivity index (χ1v) is 11.0. The standard InChI is InChI=1S/C19H23F2NO4S2/c20-14-8-13(9-15(21)11-14)10-17(23)4-3-16-12-28-19(26)22(16)5-7-27-6-1-2-18(24)25/h3-4,8-9,11,16-17,23H,1-2,5-7,10,12H2,(H,24,25). The van der Waals surface area contributed by atoms with E-state index in [9.17, 15) is 23.5 Å². The molecule has 2 rings (SSSR count). The Morgan fingerprint density at radius 1 is 1.32 bits per heavy atom. The van der Waals surface area contributed by atoms with Gasteiger partial charge in [-0.1, -0.05) is 23.9 Å². The number of hydrogen-bond donors (Lipinski definition) is 2. The van der Waals surface area contributed by atoms with E-state index in [1.807, 2.05) is 0 Å². The van der Waals surface area contributed by atoms with Gasteiger partial charge in [-0.15, -0.1) is 0 Å². The lowest BCUT2D eigenvalue weighted by Crippen LogP contribution is -2.34. The second kappa shape index (κ2) is 11.4. The van der Waals surface area contributed by atoms with Crippen molar-refractivity contribution >= 4 is 34.7 Å². The van der Waals surface area contributed by atoms with E-state index in [1.165, 1.54) is 23.9 Å². The first-order chi connectivity index (χ1) is 13.3. The number of aliphatic hydroxyl groups excluding tert-OH is 1. The van der Waals surface area contributed by atoms with Gasteiger partial charge in [0.05, 0.1) is 12.1 Å². The Morgan fingerprint density at radius 2 is 2.04 bits per heavy atom. The average Bonchev–Trinajstić information content (AvgIpc) is 2.95. The zero-order valence-electron chi connectivity index (χ0n) is 15.2. The third-order valence-corrected chi connectivity index (χ3v) is 6.13. The van der Waals surface area contributed by atoms with Gasteiger partial charge >= 0.3 is 5.97 Å². The molecule has 154 valence electrons. The lowest BCUT2D eigenvalue weighted by atomic mass is 10.1. The van der Waals surface area contributed by atoms with Gasteiger partial charge < -0.3 is 15.1 Å². The van der Waals surface area contributed by atoms with Gasteiger partial charge in [0.15, 0.2) is 0 Å². The number of hydrogen-bond acceptors (Lipinski definition) is 5. The van der Waals surface area contributed by atoms with Crippen LogP contribution in [0.1, 0.15) is 18.4 Å².